The van der Waals surface area contributed by atoms with E-state index in [9.17, 15) is 4.79 Å². The third-order valence-electron chi connectivity index (χ3n) is 3.00. The molecule has 1 amide bonds. The number of carbonyl (C=O) groups excluding carboxylic acids is 1. The first-order chi connectivity index (χ1) is 8.56. The number of aryl methyl sites for hydroxylation is 2. The molecule has 4 nitrogen and oxygen atoms in total. The van der Waals surface area contributed by atoms with Gasteiger partial charge in [-0.15, -0.1) is 0 Å². The van der Waals surface area contributed by atoms with Gasteiger partial charge in [0.2, 0.25) is 0 Å². The van der Waals surface area contributed by atoms with Crippen LogP contribution in [0, 0.1) is 13.8 Å². The van der Waals surface area contributed by atoms with Gasteiger partial charge in [-0.2, -0.15) is 0 Å². The number of nitrogens with zero attached hydrogens (tertiary/aromatic N) is 1. The molecule has 1 N–H and O–H groups in total. The summed E-state index contributed by atoms with van der Waals surface area (Å²) in [6.45, 7) is 6.38. The predicted octanol–water partition coefficient (Wildman–Crippen LogP) is 2.20. The molecule has 0 aromatic heterocycles. The SMILES string of the molecule is CC1=NO[C@H](CNC(=O)c2ccc(C)cc2C)C1. The van der Waals surface area contributed by atoms with Crippen LogP contribution in [0.1, 0.15) is 34.8 Å². The van der Waals surface area contributed by atoms with Crippen LogP contribution in [0.25, 0.3) is 0 Å². The van der Waals surface area contributed by atoms with Gasteiger partial charge in [0.25, 0.3) is 5.91 Å². The minimum atomic E-state index is -0.0550. The molecule has 2 rings (SSSR count). The summed E-state index contributed by atoms with van der Waals surface area (Å²) in [5.41, 5.74) is 3.84. The Morgan fingerprint density at radius 2 is 2.22 bits per heavy atom. The molecule has 0 spiro atoms. The summed E-state index contributed by atoms with van der Waals surface area (Å²) in [5.74, 6) is -0.0550. The summed E-state index contributed by atoms with van der Waals surface area (Å²) < 4.78 is 0. The number of amides is 1. The van der Waals surface area contributed by atoms with E-state index in [1.54, 1.807) is 0 Å². The average Bonchev–Trinajstić information content (AvgIpc) is 2.72. The molecule has 18 heavy (non-hydrogen) atoms. The molecule has 1 aliphatic rings. The van der Waals surface area contributed by atoms with Crippen molar-refractivity contribution in [2.75, 3.05) is 6.54 Å². The van der Waals surface area contributed by atoms with Crippen LogP contribution in [0.15, 0.2) is 23.4 Å². The number of rotatable bonds is 3. The van der Waals surface area contributed by atoms with Gasteiger partial charge in [-0.05, 0) is 32.4 Å². The largest absolute Gasteiger partial charge is 0.390 e. The van der Waals surface area contributed by atoms with E-state index in [1.165, 1.54) is 0 Å². The zero-order valence-electron chi connectivity index (χ0n) is 11.0. The van der Waals surface area contributed by atoms with Crippen molar-refractivity contribution >= 4 is 11.6 Å². The highest BCUT2D eigenvalue weighted by Crippen LogP contribution is 2.12. The second kappa shape index (κ2) is 5.21. The third kappa shape index (κ3) is 2.88. The van der Waals surface area contributed by atoms with Gasteiger partial charge in [0, 0.05) is 12.0 Å². The third-order valence-corrected chi connectivity index (χ3v) is 3.00. The molecule has 0 aliphatic carbocycles. The molecular formula is C14H18N2O2. The first kappa shape index (κ1) is 12.6. The minimum absolute atomic E-state index is 0.0281. The van der Waals surface area contributed by atoms with Gasteiger partial charge < -0.3 is 10.2 Å². The van der Waals surface area contributed by atoms with E-state index in [2.05, 4.69) is 10.5 Å². The highest BCUT2D eigenvalue weighted by molar-refractivity contribution is 5.95. The Kier molecular flexibility index (Phi) is 3.65. The fraction of sp³-hybridized carbons (Fsp3) is 0.429. The lowest BCUT2D eigenvalue weighted by Crippen LogP contribution is -2.32. The average molecular weight is 246 g/mol. The first-order valence-corrected chi connectivity index (χ1v) is 6.11. The van der Waals surface area contributed by atoms with Crippen LogP contribution in [0.2, 0.25) is 0 Å². The van der Waals surface area contributed by atoms with Crippen molar-refractivity contribution in [2.24, 2.45) is 5.16 Å². The minimum Gasteiger partial charge on any atom is -0.390 e. The first-order valence-electron chi connectivity index (χ1n) is 6.11. The van der Waals surface area contributed by atoms with Crippen molar-refractivity contribution in [1.82, 2.24) is 5.32 Å². The van der Waals surface area contributed by atoms with Gasteiger partial charge in [-0.3, -0.25) is 4.79 Å². The van der Waals surface area contributed by atoms with Crippen LogP contribution >= 0.6 is 0 Å². The van der Waals surface area contributed by atoms with Gasteiger partial charge in [-0.25, -0.2) is 0 Å². The molecule has 0 saturated carbocycles. The van der Waals surface area contributed by atoms with Crippen LogP contribution in [0.3, 0.4) is 0 Å². The predicted molar refractivity (Wildman–Crippen MR) is 70.8 cm³/mol. The molecular weight excluding hydrogens is 228 g/mol. The van der Waals surface area contributed by atoms with Crippen LogP contribution in [-0.4, -0.2) is 24.3 Å². The van der Waals surface area contributed by atoms with Crippen molar-refractivity contribution in [3.8, 4) is 0 Å². The van der Waals surface area contributed by atoms with Crippen molar-refractivity contribution in [1.29, 1.82) is 0 Å². The molecule has 1 aromatic carbocycles. The maximum Gasteiger partial charge on any atom is 0.251 e. The van der Waals surface area contributed by atoms with E-state index >= 15 is 0 Å². The molecule has 0 radical (unpaired) electrons. The van der Waals surface area contributed by atoms with Crippen molar-refractivity contribution in [3.63, 3.8) is 0 Å². The van der Waals surface area contributed by atoms with Crippen molar-refractivity contribution < 1.29 is 9.63 Å². The highest BCUT2D eigenvalue weighted by atomic mass is 16.6. The fourth-order valence-corrected chi connectivity index (χ4v) is 2.05. The smallest absolute Gasteiger partial charge is 0.251 e. The summed E-state index contributed by atoms with van der Waals surface area (Å²) in [6.07, 6.45) is 0.757. The van der Waals surface area contributed by atoms with Gasteiger partial charge in [-0.1, -0.05) is 22.9 Å². The number of oxime groups is 1. The summed E-state index contributed by atoms with van der Waals surface area (Å²) in [5, 5.41) is 6.75. The second-order valence-corrected chi connectivity index (χ2v) is 4.79. The molecule has 96 valence electrons. The molecule has 4 heteroatoms. The molecule has 0 unspecified atom stereocenters. The van der Waals surface area contributed by atoms with Crippen molar-refractivity contribution in [2.45, 2.75) is 33.3 Å². The molecule has 0 bridgehead atoms. The second-order valence-electron chi connectivity index (χ2n) is 4.79. The quantitative estimate of drug-likeness (QED) is 0.888. The monoisotopic (exact) mass is 246 g/mol. The van der Waals surface area contributed by atoms with Gasteiger partial charge in [0.1, 0.15) is 6.10 Å². The normalized spacial score (nSPS) is 18.2. The zero-order valence-corrected chi connectivity index (χ0v) is 11.0. The molecule has 1 aromatic rings. The number of carbonyl (C=O) groups is 1. The van der Waals surface area contributed by atoms with Crippen LogP contribution in [0.5, 0.6) is 0 Å². The number of nitrogens with one attached hydrogen (secondary N) is 1. The number of hydrogen-bond acceptors (Lipinski definition) is 3. The number of hydrogen-bond donors (Lipinski definition) is 1. The molecule has 0 fully saturated rings. The van der Waals surface area contributed by atoms with E-state index in [0.29, 0.717) is 6.54 Å². The maximum atomic E-state index is 12.0. The molecule has 1 heterocycles. The summed E-state index contributed by atoms with van der Waals surface area (Å²) in [7, 11) is 0. The summed E-state index contributed by atoms with van der Waals surface area (Å²) in [4.78, 5) is 17.2. The Morgan fingerprint density at radius 1 is 1.44 bits per heavy atom. The topological polar surface area (TPSA) is 50.7 Å². The van der Waals surface area contributed by atoms with E-state index in [0.717, 1.165) is 28.8 Å². The van der Waals surface area contributed by atoms with Crippen molar-refractivity contribution in [3.05, 3.63) is 34.9 Å². The van der Waals surface area contributed by atoms with E-state index in [-0.39, 0.29) is 12.0 Å². The van der Waals surface area contributed by atoms with Crippen LogP contribution < -0.4 is 5.32 Å². The molecule has 0 saturated heterocycles. The summed E-state index contributed by atoms with van der Waals surface area (Å²) in [6, 6.07) is 5.81. The number of benzene rings is 1. The van der Waals surface area contributed by atoms with Gasteiger partial charge in [0.15, 0.2) is 0 Å². The molecule has 1 aliphatic heterocycles. The van der Waals surface area contributed by atoms with E-state index in [4.69, 9.17) is 4.84 Å². The Hall–Kier alpha value is -1.84. The Morgan fingerprint density at radius 3 is 2.83 bits per heavy atom. The van der Waals surface area contributed by atoms with Gasteiger partial charge >= 0.3 is 0 Å². The molecule has 1 atom stereocenters. The Bertz CT molecular complexity index is 495. The zero-order chi connectivity index (χ0) is 13.1. The maximum absolute atomic E-state index is 12.0. The van der Waals surface area contributed by atoms with Crippen LogP contribution in [0.4, 0.5) is 0 Å². The standard InChI is InChI=1S/C14H18N2O2/c1-9-4-5-13(10(2)6-9)14(17)15-8-12-7-11(3)16-18-12/h4-6,12H,7-8H2,1-3H3,(H,15,17)/t12-/m0/s1. The Balaban J connectivity index is 1.92. The fourth-order valence-electron chi connectivity index (χ4n) is 2.05. The lowest BCUT2D eigenvalue weighted by molar-refractivity contribution is 0.0753. The lowest BCUT2D eigenvalue weighted by atomic mass is 10.1. The van der Waals surface area contributed by atoms with Gasteiger partial charge in [0.05, 0.1) is 12.3 Å². The van der Waals surface area contributed by atoms with E-state index < -0.39 is 0 Å². The Labute approximate surface area is 107 Å². The highest BCUT2D eigenvalue weighted by Gasteiger charge is 2.19. The van der Waals surface area contributed by atoms with E-state index in [1.807, 2.05) is 39.0 Å². The lowest BCUT2D eigenvalue weighted by Gasteiger charge is -2.11. The summed E-state index contributed by atoms with van der Waals surface area (Å²) >= 11 is 0. The van der Waals surface area contributed by atoms with Crippen LogP contribution in [-0.2, 0) is 4.84 Å².